The fourth-order valence-corrected chi connectivity index (χ4v) is 4.23. The average molecular weight is 389 g/mol. The molecule has 0 saturated heterocycles. The zero-order valence-corrected chi connectivity index (χ0v) is 15.8. The topological polar surface area (TPSA) is 42.0 Å². The van der Waals surface area contributed by atoms with Crippen molar-refractivity contribution in [1.82, 2.24) is 10.3 Å². The summed E-state index contributed by atoms with van der Waals surface area (Å²) in [6.07, 6.45) is 0.307. The third kappa shape index (κ3) is 5.88. The number of rotatable bonds is 7. The SMILES string of the molecule is O=C(Cc1csc(SCc2cccc(Cl)c2)n1)NCc1ccccc1. The van der Waals surface area contributed by atoms with Gasteiger partial charge in [0.05, 0.1) is 12.1 Å². The Kier molecular flexibility index (Phi) is 6.50. The second kappa shape index (κ2) is 9.04. The predicted octanol–water partition coefficient (Wildman–Crippen LogP) is 4.95. The van der Waals surface area contributed by atoms with Gasteiger partial charge in [0.25, 0.3) is 0 Å². The lowest BCUT2D eigenvalue weighted by Crippen LogP contribution is -2.24. The minimum Gasteiger partial charge on any atom is -0.352 e. The number of thiazole rings is 1. The molecule has 0 bridgehead atoms. The number of hydrogen-bond acceptors (Lipinski definition) is 4. The Morgan fingerprint density at radius 1 is 1.12 bits per heavy atom. The van der Waals surface area contributed by atoms with E-state index in [1.165, 1.54) is 0 Å². The highest BCUT2D eigenvalue weighted by molar-refractivity contribution is 8.00. The van der Waals surface area contributed by atoms with Crippen molar-refractivity contribution in [2.45, 2.75) is 23.1 Å². The summed E-state index contributed by atoms with van der Waals surface area (Å²) in [5.74, 6) is 0.800. The van der Waals surface area contributed by atoms with E-state index in [4.69, 9.17) is 11.6 Å². The normalized spacial score (nSPS) is 10.6. The monoisotopic (exact) mass is 388 g/mol. The number of halogens is 1. The quantitative estimate of drug-likeness (QED) is 0.582. The van der Waals surface area contributed by atoms with Gasteiger partial charge in [0.15, 0.2) is 0 Å². The summed E-state index contributed by atoms with van der Waals surface area (Å²) in [5, 5.41) is 5.62. The molecule has 128 valence electrons. The van der Waals surface area contributed by atoms with Crippen LogP contribution in [0.5, 0.6) is 0 Å². The molecule has 0 aliphatic carbocycles. The van der Waals surface area contributed by atoms with Crippen LogP contribution in [0.15, 0.2) is 64.3 Å². The molecule has 25 heavy (non-hydrogen) atoms. The maximum atomic E-state index is 12.0. The first-order valence-corrected chi connectivity index (χ1v) is 10.1. The molecule has 0 spiro atoms. The van der Waals surface area contributed by atoms with Crippen LogP contribution in [0.1, 0.15) is 16.8 Å². The van der Waals surface area contributed by atoms with Gasteiger partial charge in [0, 0.05) is 22.7 Å². The number of carbonyl (C=O) groups excluding carboxylic acids is 1. The zero-order chi connectivity index (χ0) is 17.5. The Balaban J connectivity index is 1.47. The molecule has 0 fully saturated rings. The summed E-state index contributed by atoms with van der Waals surface area (Å²) in [7, 11) is 0. The van der Waals surface area contributed by atoms with E-state index in [9.17, 15) is 4.79 Å². The van der Waals surface area contributed by atoms with Crippen LogP contribution in [0, 0.1) is 0 Å². The van der Waals surface area contributed by atoms with Crippen molar-refractivity contribution in [2.75, 3.05) is 0 Å². The first-order valence-electron chi connectivity index (χ1n) is 7.81. The summed E-state index contributed by atoms with van der Waals surface area (Å²) in [4.78, 5) is 16.6. The van der Waals surface area contributed by atoms with Crippen molar-refractivity contribution >= 4 is 40.6 Å². The lowest BCUT2D eigenvalue weighted by molar-refractivity contribution is -0.120. The zero-order valence-electron chi connectivity index (χ0n) is 13.4. The fraction of sp³-hybridized carbons (Fsp3) is 0.158. The van der Waals surface area contributed by atoms with Crippen molar-refractivity contribution < 1.29 is 4.79 Å². The minimum absolute atomic E-state index is 0.0134. The van der Waals surface area contributed by atoms with E-state index in [1.807, 2.05) is 60.0 Å². The summed E-state index contributed by atoms with van der Waals surface area (Å²) in [6, 6.07) is 17.7. The van der Waals surface area contributed by atoms with Crippen LogP contribution in [-0.4, -0.2) is 10.9 Å². The number of nitrogens with one attached hydrogen (secondary N) is 1. The molecule has 3 rings (SSSR count). The van der Waals surface area contributed by atoms with E-state index in [0.29, 0.717) is 13.0 Å². The van der Waals surface area contributed by atoms with Crippen LogP contribution in [0.25, 0.3) is 0 Å². The van der Waals surface area contributed by atoms with Gasteiger partial charge in [-0.25, -0.2) is 4.98 Å². The van der Waals surface area contributed by atoms with Crippen molar-refractivity contribution in [3.63, 3.8) is 0 Å². The van der Waals surface area contributed by atoms with Gasteiger partial charge in [-0.3, -0.25) is 4.79 Å². The molecule has 0 aliphatic heterocycles. The molecule has 3 nitrogen and oxygen atoms in total. The molecule has 6 heteroatoms. The molecule has 3 aromatic rings. The minimum atomic E-state index is -0.0134. The van der Waals surface area contributed by atoms with Crippen molar-refractivity contribution in [2.24, 2.45) is 0 Å². The maximum absolute atomic E-state index is 12.0. The Morgan fingerprint density at radius 2 is 1.92 bits per heavy atom. The molecule has 1 aromatic heterocycles. The van der Waals surface area contributed by atoms with Crippen LogP contribution < -0.4 is 5.32 Å². The molecule has 0 unspecified atom stereocenters. The molecular weight excluding hydrogens is 372 g/mol. The third-order valence-corrected chi connectivity index (χ3v) is 5.83. The van der Waals surface area contributed by atoms with Gasteiger partial charge in [-0.05, 0) is 23.3 Å². The average Bonchev–Trinajstić information content (AvgIpc) is 3.06. The number of carbonyl (C=O) groups is 1. The Labute approximate surface area is 160 Å². The molecule has 1 amide bonds. The summed E-state index contributed by atoms with van der Waals surface area (Å²) >= 11 is 9.22. The molecular formula is C19H17ClN2OS2. The van der Waals surface area contributed by atoms with Crippen LogP contribution in [0.4, 0.5) is 0 Å². The highest BCUT2D eigenvalue weighted by Crippen LogP contribution is 2.27. The van der Waals surface area contributed by atoms with Crippen molar-refractivity contribution in [3.8, 4) is 0 Å². The first-order chi connectivity index (χ1) is 12.2. The number of benzene rings is 2. The van der Waals surface area contributed by atoms with Gasteiger partial charge in [-0.1, -0.05) is 65.8 Å². The van der Waals surface area contributed by atoms with Gasteiger partial charge in [-0.15, -0.1) is 11.3 Å². The number of hydrogen-bond donors (Lipinski definition) is 1. The maximum Gasteiger partial charge on any atom is 0.226 e. The van der Waals surface area contributed by atoms with Gasteiger partial charge >= 0.3 is 0 Å². The van der Waals surface area contributed by atoms with Gasteiger partial charge in [-0.2, -0.15) is 0 Å². The van der Waals surface area contributed by atoms with E-state index >= 15 is 0 Å². The van der Waals surface area contributed by atoms with E-state index in [1.54, 1.807) is 23.1 Å². The molecule has 1 heterocycles. The van der Waals surface area contributed by atoms with E-state index in [-0.39, 0.29) is 5.91 Å². The molecule has 0 radical (unpaired) electrons. The summed E-state index contributed by atoms with van der Waals surface area (Å²) in [5.41, 5.74) is 3.06. The lowest BCUT2D eigenvalue weighted by Gasteiger charge is -2.03. The second-order valence-corrected chi connectivity index (χ2v) is 7.98. The number of nitrogens with zero attached hydrogens (tertiary/aromatic N) is 1. The van der Waals surface area contributed by atoms with Crippen LogP contribution in [0.3, 0.4) is 0 Å². The van der Waals surface area contributed by atoms with Crippen molar-refractivity contribution in [3.05, 3.63) is 81.8 Å². The summed E-state index contributed by atoms with van der Waals surface area (Å²) in [6.45, 7) is 0.542. The third-order valence-electron chi connectivity index (χ3n) is 3.46. The largest absolute Gasteiger partial charge is 0.352 e. The number of amides is 1. The molecule has 0 atom stereocenters. The van der Waals surface area contributed by atoms with E-state index in [0.717, 1.165) is 31.9 Å². The Bertz CT molecular complexity index is 836. The molecule has 0 aliphatic rings. The van der Waals surface area contributed by atoms with Gasteiger partial charge in [0.1, 0.15) is 4.34 Å². The van der Waals surface area contributed by atoms with Crippen molar-refractivity contribution in [1.29, 1.82) is 0 Å². The van der Waals surface area contributed by atoms with E-state index in [2.05, 4.69) is 10.3 Å². The van der Waals surface area contributed by atoms with Gasteiger partial charge < -0.3 is 5.32 Å². The highest BCUT2D eigenvalue weighted by Gasteiger charge is 2.08. The predicted molar refractivity (Wildman–Crippen MR) is 105 cm³/mol. The fourth-order valence-electron chi connectivity index (χ4n) is 2.23. The lowest BCUT2D eigenvalue weighted by atomic mass is 10.2. The number of aromatic nitrogens is 1. The molecule has 2 aromatic carbocycles. The molecule has 1 N–H and O–H groups in total. The number of thioether (sulfide) groups is 1. The van der Waals surface area contributed by atoms with Gasteiger partial charge in [0.2, 0.25) is 5.91 Å². The van der Waals surface area contributed by atoms with Crippen LogP contribution in [0.2, 0.25) is 5.02 Å². The standard InChI is InChI=1S/C19H17ClN2OS2/c20-16-8-4-7-15(9-16)12-24-19-22-17(13-25-19)10-18(23)21-11-14-5-2-1-3-6-14/h1-9,13H,10-12H2,(H,21,23). The Morgan fingerprint density at radius 3 is 2.72 bits per heavy atom. The second-order valence-electron chi connectivity index (χ2n) is 5.46. The molecule has 0 saturated carbocycles. The summed E-state index contributed by atoms with van der Waals surface area (Å²) < 4.78 is 0.964. The Hall–Kier alpha value is -1.82. The first kappa shape index (κ1) is 18.0. The van der Waals surface area contributed by atoms with Crippen LogP contribution >= 0.6 is 34.7 Å². The smallest absolute Gasteiger partial charge is 0.226 e. The highest BCUT2D eigenvalue weighted by atomic mass is 35.5. The van der Waals surface area contributed by atoms with E-state index < -0.39 is 0 Å². The van der Waals surface area contributed by atoms with Crippen LogP contribution in [-0.2, 0) is 23.5 Å².